The molecule has 0 fully saturated rings. The van der Waals surface area contributed by atoms with Crippen molar-refractivity contribution in [2.75, 3.05) is 62.4 Å². The van der Waals surface area contributed by atoms with E-state index in [0.717, 1.165) is 81.9 Å². The fourth-order valence-corrected chi connectivity index (χ4v) is 12.9. The molecule has 0 N–H and O–H groups in total. The molecule has 8 aromatic rings. The van der Waals surface area contributed by atoms with E-state index >= 15 is 0 Å². The van der Waals surface area contributed by atoms with E-state index in [9.17, 15) is 19.2 Å². The predicted octanol–water partition coefficient (Wildman–Crippen LogP) is 12.6. The Morgan fingerprint density at radius 1 is 0.552 bits per heavy atom. The molecule has 2 atom stereocenters. The number of hydrogen-bond acceptors (Lipinski definition) is 15. The molecule has 4 aromatic carbocycles. The highest BCUT2D eigenvalue weighted by Crippen LogP contribution is 2.55. The van der Waals surface area contributed by atoms with Crippen molar-refractivity contribution in [3.8, 4) is 11.5 Å². The first-order chi connectivity index (χ1) is 41.8. The van der Waals surface area contributed by atoms with Gasteiger partial charge in [-0.25, -0.2) is 19.2 Å². The van der Waals surface area contributed by atoms with E-state index in [0.29, 0.717) is 71.1 Å². The summed E-state index contributed by atoms with van der Waals surface area (Å²) in [5.74, 6) is -1.53. The Balaban J connectivity index is 0.810. The SMILES string of the molecule is CCN(CC)c1ccc(C2(c3c(C)n(CC)c4ccccc34)OC(=O)c3cccnc32)c(OCC(=O)OCCC(C)(C)OCCC(C)(C)OC(=O)COc2cc(N(CC)CC)ccc2C2(c3c(C)n(CC)c4ccccc34)OC(=O)c3cccnc32)c1. The van der Waals surface area contributed by atoms with E-state index in [-0.39, 0.29) is 13.2 Å². The first-order valence-electron chi connectivity index (χ1n) is 30.4. The molecule has 17 heteroatoms. The highest BCUT2D eigenvalue weighted by molar-refractivity contribution is 6.00. The molecule has 0 saturated heterocycles. The summed E-state index contributed by atoms with van der Waals surface area (Å²) in [4.78, 5) is 69.7. The molecule has 87 heavy (non-hydrogen) atoms. The number of aromatic nitrogens is 4. The molecule has 0 saturated carbocycles. The lowest BCUT2D eigenvalue weighted by Gasteiger charge is -2.32. The van der Waals surface area contributed by atoms with E-state index in [2.05, 4.69) is 72.6 Å². The van der Waals surface area contributed by atoms with Gasteiger partial charge in [0.15, 0.2) is 13.2 Å². The molecule has 0 bridgehead atoms. The van der Waals surface area contributed by atoms with Crippen LogP contribution in [-0.2, 0) is 57.6 Å². The van der Waals surface area contributed by atoms with Gasteiger partial charge in [-0.05, 0) is 144 Å². The second kappa shape index (κ2) is 25.0. The van der Waals surface area contributed by atoms with Gasteiger partial charge in [-0.15, -0.1) is 0 Å². The highest BCUT2D eigenvalue weighted by Gasteiger charge is 2.56. The molecule has 2 aliphatic rings. The van der Waals surface area contributed by atoms with Gasteiger partial charge in [0.1, 0.15) is 28.5 Å². The van der Waals surface area contributed by atoms with E-state index in [4.69, 9.17) is 43.1 Å². The monoisotopic (exact) mass is 1180 g/mol. The van der Waals surface area contributed by atoms with Crippen LogP contribution >= 0.6 is 0 Å². The zero-order chi connectivity index (χ0) is 62.0. The molecule has 0 spiro atoms. The lowest BCUT2D eigenvalue weighted by atomic mass is 9.80. The zero-order valence-electron chi connectivity index (χ0n) is 52.2. The number of benzene rings is 4. The Labute approximate surface area is 509 Å². The van der Waals surface area contributed by atoms with Crippen molar-refractivity contribution in [2.45, 2.75) is 131 Å². The minimum atomic E-state index is -1.53. The van der Waals surface area contributed by atoms with Crippen LogP contribution < -0.4 is 19.3 Å². The average molecular weight is 1180 g/mol. The van der Waals surface area contributed by atoms with Gasteiger partial charge in [0.25, 0.3) is 0 Å². The van der Waals surface area contributed by atoms with E-state index < -0.39 is 59.5 Å². The number of fused-ring (bicyclic) bond motifs is 4. The summed E-state index contributed by atoms with van der Waals surface area (Å²) in [7, 11) is 0. The second-order valence-electron chi connectivity index (χ2n) is 23.2. The normalized spacial score (nSPS) is 16.4. The third kappa shape index (κ3) is 11.3. The standard InChI is InChI=1S/C70H80N6O11/c1-13-73(14-2)47-31-33-53(69(63-51(65(79)86-69)27-23-37-71-63)61-45(7)75(17-5)55-29-21-19-25-49(55)61)57(41-47)82-43-59(77)81-39-35-67(9,10)84-40-36-68(11,12)85-60(78)44-83-58-42-48(74(15-3)16-4)32-34-54(58)70(64-52(66(80)87-70)28-24-38-72-64)62-46(8)76(18-6)56-30-22-20-26-50(56)62/h19-34,37-38,41-42H,13-18,35-36,39-40,43-44H2,1-12H3. The first-order valence-corrected chi connectivity index (χ1v) is 30.4. The van der Waals surface area contributed by atoms with Crippen LogP contribution in [0, 0.1) is 13.8 Å². The number of esters is 4. The van der Waals surface area contributed by atoms with Crippen LogP contribution in [0.2, 0.25) is 0 Å². The number of cyclic esters (lactones) is 2. The van der Waals surface area contributed by atoms with Crippen molar-refractivity contribution < 1.29 is 52.3 Å². The number of hydrogen-bond donors (Lipinski definition) is 0. The summed E-state index contributed by atoms with van der Waals surface area (Å²) in [6.07, 6.45) is 4.01. The molecule has 2 aliphatic heterocycles. The van der Waals surface area contributed by atoms with E-state index in [1.165, 1.54) is 0 Å². The highest BCUT2D eigenvalue weighted by atomic mass is 16.6. The second-order valence-corrected chi connectivity index (χ2v) is 23.2. The molecule has 2 unspecified atom stereocenters. The number of rotatable bonds is 26. The summed E-state index contributed by atoms with van der Waals surface area (Å²) in [5.41, 5.74) is 4.91. The Bertz CT molecular complexity index is 3890. The van der Waals surface area contributed by atoms with Crippen LogP contribution in [0.3, 0.4) is 0 Å². The molecule has 0 aliphatic carbocycles. The van der Waals surface area contributed by atoms with Crippen molar-refractivity contribution in [1.82, 2.24) is 19.1 Å². The van der Waals surface area contributed by atoms with E-state index in [1.807, 2.05) is 114 Å². The van der Waals surface area contributed by atoms with Gasteiger partial charge in [-0.1, -0.05) is 36.4 Å². The minimum absolute atomic E-state index is 0.0334. The molecule has 0 amide bonds. The Hall–Kier alpha value is -8.70. The molecule has 10 rings (SSSR count). The van der Waals surface area contributed by atoms with Gasteiger partial charge in [0.2, 0.25) is 11.2 Å². The minimum Gasteiger partial charge on any atom is -0.481 e. The van der Waals surface area contributed by atoms with Gasteiger partial charge >= 0.3 is 23.9 Å². The van der Waals surface area contributed by atoms with Gasteiger partial charge in [0.05, 0.1) is 29.9 Å². The van der Waals surface area contributed by atoms with Crippen LogP contribution in [0.4, 0.5) is 11.4 Å². The fraction of sp³-hybridized carbons (Fsp3) is 0.400. The number of pyridine rings is 2. The number of nitrogens with zero attached hydrogens (tertiary/aromatic N) is 6. The molecule has 456 valence electrons. The summed E-state index contributed by atoms with van der Waals surface area (Å²) >= 11 is 0. The van der Waals surface area contributed by atoms with Crippen LogP contribution in [0.25, 0.3) is 21.8 Å². The molecule has 6 heterocycles. The number of carbonyl (C=O) groups excluding carboxylic acids is 4. The van der Waals surface area contributed by atoms with E-state index in [1.54, 1.807) is 36.7 Å². The quantitative estimate of drug-likeness (QED) is 0.0369. The molecule has 4 aromatic heterocycles. The summed E-state index contributed by atoms with van der Waals surface area (Å²) in [5, 5.41) is 1.81. The third-order valence-electron chi connectivity index (χ3n) is 17.2. The fourth-order valence-electron chi connectivity index (χ4n) is 12.9. The van der Waals surface area contributed by atoms with Crippen molar-refractivity contribution in [2.24, 2.45) is 0 Å². The van der Waals surface area contributed by atoms with Crippen molar-refractivity contribution >= 4 is 57.1 Å². The Kier molecular flexibility index (Phi) is 17.6. The van der Waals surface area contributed by atoms with Gasteiger partial charge < -0.3 is 52.1 Å². The van der Waals surface area contributed by atoms with Gasteiger partial charge in [0, 0.05) is 143 Å². The van der Waals surface area contributed by atoms with Crippen LogP contribution in [0.5, 0.6) is 11.5 Å². The number of aryl methyl sites for hydroxylation is 2. The number of carbonyl (C=O) groups is 4. The van der Waals surface area contributed by atoms with Crippen molar-refractivity contribution in [1.29, 1.82) is 0 Å². The maximum Gasteiger partial charge on any atom is 0.344 e. The van der Waals surface area contributed by atoms with Crippen LogP contribution in [-0.4, -0.2) is 107 Å². The van der Waals surface area contributed by atoms with Gasteiger partial charge in [-0.3, -0.25) is 9.97 Å². The maximum atomic E-state index is 14.0. The summed E-state index contributed by atoms with van der Waals surface area (Å²) in [6.45, 7) is 27.6. The number of ether oxygens (including phenoxy) is 7. The Morgan fingerprint density at radius 2 is 0.989 bits per heavy atom. The van der Waals surface area contributed by atoms with Crippen molar-refractivity contribution in [3.05, 3.63) is 178 Å². The summed E-state index contributed by atoms with van der Waals surface area (Å²) < 4.78 is 49.1. The lowest BCUT2D eigenvalue weighted by Crippen LogP contribution is -2.35. The Morgan fingerprint density at radius 3 is 1.44 bits per heavy atom. The average Bonchev–Trinajstić information content (AvgIpc) is 1.63. The number of anilines is 2. The van der Waals surface area contributed by atoms with Crippen LogP contribution in [0.1, 0.15) is 148 Å². The van der Waals surface area contributed by atoms with Gasteiger partial charge in [-0.2, -0.15) is 0 Å². The summed E-state index contributed by atoms with van der Waals surface area (Å²) in [6, 6.07) is 34.6. The molecule has 17 nitrogen and oxygen atoms in total. The van der Waals surface area contributed by atoms with Crippen molar-refractivity contribution in [3.63, 3.8) is 0 Å². The molecular formula is C70H80N6O11. The third-order valence-corrected chi connectivity index (χ3v) is 17.2. The smallest absolute Gasteiger partial charge is 0.344 e. The first kappa shape index (κ1) is 61.4. The zero-order valence-corrected chi connectivity index (χ0v) is 52.2. The predicted molar refractivity (Wildman–Crippen MR) is 335 cm³/mol. The molecular weight excluding hydrogens is 1100 g/mol. The largest absolute Gasteiger partial charge is 0.481 e. The van der Waals surface area contributed by atoms with Crippen LogP contribution in [0.15, 0.2) is 122 Å². The maximum absolute atomic E-state index is 14.0. The topological polar surface area (TPSA) is 175 Å². The number of para-hydroxylation sites is 2. The lowest BCUT2D eigenvalue weighted by molar-refractivity contribution is -0.161. The molecule has 0 radical (unpaired) electrons.